The monoisotopic (exact) mass is 407 g/mol. The maximum atomic E-state index is 12.7. The number of fused-ring (bicyclic) bond motifs is 1. The number of carbonyl (C=O) groups is 1. The minimum Gasteiger partial charge on any atom is -0.423 e. The smallest absolute Gasteiger partial charge is 0.344 e. The molecule has 0 aliphatic carbocycles. The average Bonchev–Trinajstić information content (AvgIpc) is 2.73. The van der Waals surface area contributed by atoms with Crippen molar-refractivity contribution in [1.82, 2.24) is 4.98 Å². The van der Waals surface area contributed by atoms with Crippen LogP contribution in [0, 0.1) is 0 Å². The molecule has 0 aliphatic heterocycles. The largest absolute Gasteiger partial charge is 0.423 e. The molecule has 0 saturated heterocycles. The lowest BCUT2D eigenvalue weighted by Crippen LogP contribution is -2.09. The van der Waals surface area contributed by atoms with Gasteiger partial charge in [0.25, 0.3) is 0 Å². The third-order valence-corrected chi connectivity index (χ3v) is 6.10. The highest BCUT2D eigenvalue weighted by Gasteiger charge is 2.15. The van der Waals surface area contributed by atoms with Crippen LogP contribution in [0.1, 0.15) is 10.4 Å². The molecule has 0 N–H and O–H groups in total. The molecule has 5 nitrogen and oxygen atoms in total. The van der Waals surface area contributed by atoms with Crippen molar-refractivity contribution in [2.24, 2.45) is 0 Å². The standard InChI is InChI=1S/C21H13NO4S2/c23-20-11-9-14-8-10-15(13-17(14)26-20)25-21(24)16-5-1-2-6-18(16)27-28-19-7-3-4-12-22-19/h1-13H. The van der Waals surface area contributed by atoms with Gasteiger partial charge in [0.1, 0.15) is 16.4 Å². The van der Waals surface area contributed by atoms with Gasteiger partial charge in [-0.1, -0.05) is 29.0 Å². The number of ether oxygens (including phenoxy) is 1. The first-order chi connectivity index (χ1) is 13.7. The number of hydrogen-bond donors (Lipinski definition) is 0. The van der Waals surface area contributed by atoms with E-state index in [4.69, 9.17) is 9.15 Å². The van der Waals surface area contributed by atoms with E-state index in [0.717, 1.165) is 15.3 Å². The van der Waals surface area contributed by atoms with Crippen molar-refractivity contribution in [2.75, 3.05) is 0 Å². The maximum absolute atomic E-state index is 12.7. The topological polar surface area (TPSA) is 69.4 Å². The fourth-order valence-electron chi connectivity index (χ4n) is 2.46. The van der Waals surface area contributed by atoms with Gasteiger partial charge in [-0.3, -0.25) is 0 Å². The zero-order valence-electron chi connectivity index (χ0n) is 14.4. The summed E-state index contributed by atoms with van der Waals surface area (Å²) in [6, 6.07) is 20.8. The Morgan fingerprint density at radius 2 is 1.75 bits per heavy atom. The van der Waals surface area contributed by atoms with E-state index < -0.39 is 11.6 Å². The van der Waals surface area contributed by atoms with Gasteiger partial charge in [-0.2, -0.15) is 0 Å². The second-order valence-corrected chi connectivity index (χ2v) is 7.87. The van der Waals surface area contributed by atoms with Gasteiger partial charge < -0.3 is 9.15 Å². The summed E-state index contributed by atoms with van der Waals surface area (Å²) in [6.45, 7) is 0. The van der Waals surface area contributed by atoms with Crippen LogP contribution in [0.3, 0.4) is 0 Å². The van der Waals surface area contributed by atoms with E-state index in [1.807, 2.05) is 30.3 Å². The van der Waals surface area contributed by atoms with Crippen LogP contribution in [-0.2, 0) is 0 Å². The van der Waals surface area contributed by atoms with Gasteiger partial charge in [-0.15, -0.1) is 0 Å². The van der Waals surface area contributed by atoms with Crippen molar-refractivity contribution in [1.29, 1.82) is 0 Å². The number of rotatable bonds is 5. The van der Waals surface area contributed by atoms with Crippen molar-refractivity contribution < 1.29 is 13.9 Å². The molecule has 0 atom stereocenters. The Kier molecular flexibility index (Phi) is 5.45. The number of nitrogens with zero attached hydrogens (tertiary/aromatic N) is 1. The molecule has 0 saturated carbocycles. The molecule has 2 heterocycles. The number of pyridine rings is 1. The van der Waals surface area contributed by atoms with Gasteiger partial charge in [-0.05, 0) is 53.3 Å². The van der Waals surface area contributed by atoms with Crippen LogP contribution in [0.5, 0.6) is 5.75 Å². The summed E-state index contributed by atoms with van der Waals surface area (Å²) < 4.78 is 10.6. The molecule has 4 aromatic rings. The molecule has 0 bridgehead atoms. The average molecular weight is 407 g/mol. The summed E-state index contributed by atoms with van der Waals surface area (Å²) in [5.41, 5.74) is 0.362. The fraction of sp³-hybridized carbons (Fsp3) is 0. The molecule has 0 amide bonds. The summed E-state index contributed by atoms with van der Waals surface area (Å²) in [5, 5.41) is 1.60. The van der Waals surface area contributed by atoms with Crippen LogP contribution in [0.2, 0.25) is 0 Å². The van der Waals surface area contributed by atoms with Gasteiger partial charge in [-0.25, -0.2) is 14.6 Å². The number of hydrogen-bond acceptors (Lipinski definition) is 7. The third kappa shape index (κ3) is 4.27. The Bertz CT molecular complexity index is 1190. The summed E-state index contributed by atoms with van der Waals surface area (Å²) in [5.74, 6) is -0.175. The predicted octanol–water partition coefficient (Wildman–Crippen LogP) is 5.21. The Morgan fingerprint density at radius 3 is 2.61 bits per heavy atom. The van der Waals surface area contributed by atoms with E-state index in [9.17, 15) is 9.59 Å². The number of esters is 1. The predicted molar refractivity (Wildman–Crippen MR) is 110 cm³/mol. The molecule has 0 fully saturated rings. The molecule has 7 heteroatoms. The summed E-state index contributed by atoms with van der Waals surface area (Å²) in [6.07, 6.45) is 1.72. The second kappa shape index (κ2) is 8.33. The fourth-order valence-corrected chi connectivity index (χ4v) is 4.50. The molecule has 0 radical (unpaired) electrons. The van der Waals surface area contributed by atoms with E-state index in [2.05, 4.69) is 4.98 Å². The van der Waals surface area contributed by atoms with Crippen LogP contribution >= 0.6 is 21.6 Å². The number of carbonyl (C=O) groups excluding carboxylic acids is 1. The first-order valence-electron chi connectivity index (χ1n) is 8.30. The first kappa shape index (κ1) is 18.3. The van der Waals surface area contributed by atoms with E-state index in [1.54, 1.807) is 36.5 Å². The molecule has 28 heavy (non-hydrogen) atoms. The van der Waals surface area contributed by atoms with Crippen molar-refractivity contribution in [3.63, 3.8) is 0 Å². The molecule has 0 spiro atoms. The quantitative estimate of drug-likeness (QED) is 0.195. The lowest BCUT2D eigenvalue weighted by molar-refractivity contribution is 0.0731. The first-order valence-corrected chi connectivity index (χ1v) is 10.4. The van der Waals surface area contributed by atoms with E-state index in [1.165, 1.54) is 33.7 Å². The molecule has 0 unspecified atom stereocenters. The van der Waals surface area contributed by atoms with Crippen molar-refractivity contribution >= 4 is 38.5 Å². The van der Waals surface area contributed by atoms with Gasteiger partial charge >= 0.3 is 11.6 Å². The highest BCUT2D eigenvalue weighted by molar-refractivity contribution is 8.76. The highest BCUT2D eigenvalue weighted by atomic mass is 33.1. The molecule has 2 aromatic carbocycles. The zero-order chi connectivity index (χ0) is 19.3. The minimum atomic E-state index is -0.484. The molecule has 2 aromatic heterocycles. The summed E-state index contributed by atoms with van der Waals surface area (Å²) in [4.78, 5) is 29.1. The van der Waals surface area contributed by atoms with Crippen molar-refractivity contribution in [3.05, 3.63) is 95.0 Å². The normalized spacial score (nSPS) is 10.7. The van der Waals surface area contributed by atoms with Gasteiger partial charge in [0.05, 0.1) is 5.56 Å². The van der Waals surface area contributed by atoms with Crippen LogP contribution in [0.15, 0.2) is 98.1 Å². The lowest BCUT2D eigenvalue weighted by Gasteiger charge is -2.09. The van der Waals surface area contributed by atoms with Crippen LogP contribution in [0.4, 0.5) is 0 Å². The Morgan fingerprint density at radius 1 is 0.929 bits per heavy atom. The SMILES string of the molecule is O=C(Oc1ccc2ccc(=O)oc2c1)c1ccccc1SSc1ccccn1. The minimum absolute atomic E-state index is 0.309. The van der Waals surface area contributed by atoms with Crippen LogP contribution < -0.4 is 10.4 Å². The Hall–Kier alpha value is -3.03. The van der Waals surface area contributed by atoms with Gasteiger partial charge in [0, 0.05) is 28.6 Å². The molecular weight excluding hydrogens is 394 g/mol. The Balaban J connectivity index is 1.54. The third-order valence-electron chi connectivity index (χ3n) is 3.77. The molecule has 138 valence electrons. The maximum Gasteiger partial charge on any atom is 0.344 e. The number of benzene rings is 2. The van der Waals surface area contributed by atoms with Crippen molar-refractivity contribution in [2.45, 2.75) is 9.92 Å². The number of aromatic nitrogens is 1. The Labute approximate surface area is 168 Å². The lowest BCUT2D eigenvalue weighted by atomic mass is 10.2. The molecule has 0 aliphatic rings. The van der Waals surface area contributed by atoms with Crippen LogP contribution in [0.25, 0.3) is 11.0 Å². The van der Waals surface area contributed by atoms with E-state index in [-0.39, 0.29) is 0 Å². The van der Waals surface area contributed by atoms with Gasteiger partial charge in [0.2, 0.25) is 0 Å². The summed E-state index contributed by atoms with van der Waals surface area (Å²) >= 11 is 0. The van der Waals surface area contributed by atoms with Gasteiger partial charge in [0.15, 0.2) is 0 Å². The van der Waals surface area contributed by atoms with Crippen molar-refractivity contribution in [3.8, 4) is 5.75 Å². The molecular formula is C21H13NO4S2. The van der Waals surface area contributed by atoms with E-state index in [0.29, 0.717) is 16.9 Å². The molecule has 4 rings (SSSR count). The summed E-state index contributed by atoms with van der Waals surface area (Å²) in [7, 11) is 2.90. The highest BCUT2D eigenvalue weighted by Crippen LogP contribution is 2.38. The second-order valence-electron chi connectivity index (χ2n) is 5.67. The van der Waals surface area contributed by atoms with E-state index >= 15 is 0 Å². The van der Waals surface area contributed by atoms with Crippen LogP contribution in [-0.4, -0.2) is 11.0 Å². The zero-order valence-corrected chi connectivity index (χ0v) is 16.0.